The van der Waals surface area contributed by atoms with Crippen molar-refractivity contribution in [2.75, 3.05) is 12.4 Å². The van der Waals surface area contributed by atoms with Crippen LogP contribution in [0.5, 0.6) is 0 Å². The van der Waals surface area contributed by atoms with Crippen LogP contribution < -0.4 is 5.32 Å². The Morgan fingerprint density at radius 2 is 2.05 bits per heavy atom. The van der Waals surface area contributed by atoms with Gasteiger partial charge in [0, 0.05) is 6.54 Å². The van der Waals surface area contributed by atoms with E-state index in [0.29, 0.717) is 22.8 Å². The molecular formula is C15H13ClFNO2. The summed E-state index contributed by atoms with van der Waals surface area (Å²) in [5.41, 5.74) is 1.87. The number of hydrogen-bond acceptors (Lipinski definition) is 3. The molecule has 0 saturated heterocycles. The summed E-state index contributed by atoms with van der Waals surface area (Å²) >= 11 is 5.93. The van der Waals surface area contributed by atoms with Gasteiger partial charge in [-0.05, 0) is 29.8 Å². The van der Waals surface area contributed by atoms with Crippen molar-refractivity contribution in [1.29, 1.82) is 0 Å². The molecule has 0 saturated carbocycles. The first-order valence-electron chi connectivity index (χ1n) is 5.97. The van der Waals surface area contributed by atoms with Gasteiger partial charge < -0.3 is 10.1 Å². The fourth-order valence-electron chi connectivity index (χ4n) is 1.81. The molecule has 0 aliphatic heterocycles. The second-order valence-corrected chi connectivity index (χ2v) is 4.53. The Morgan fingerprint density at radius 3 is 2.75 bits per heavy atom. The summed E-state index contributed by atoms with van der Waals surface area (Å²) in [6.07, 6.45) is 0. The highest BCUT2D eigenvalue weighted by Crippen LogP contribution is 2.23. The molecule has 0 heterocycles. The Labute approximate surface area is 121 Å². The van der Waals surface area contributed by atoms with Gasteiger partial charge in [0.25, 0.3) is 0 Å². The predicted molar refractivity (Wildman–Crippen MR) is 76.5 cm³/mol. The number of nitrogens with one attached hydrogen (secondary N) is 1. The summed E-state index contributed by atoms with van der Waals surface area (Å²) in [4.78, 5) is 11.6. The molecule has 0 spiro atoms. The third-order valence-corrected chi connectivity index (χ3v) is 3.14. The number of benzene rings is 2. The number of hydrogen-bond donors (Lipinski definition) is 1. The first-order valence-corrected chi connectivity index (χ1v) is 6.34. The molecule has 0 aliphatic carbocycles. The lowest BCUT2D eigenvalue weighted by molar-refractivity contribution is 0.0599. The molecule has 0 bridgehead atoms. The lowest BCUT2D eigenvalue weighted by Crippen LogP contribution is -2.09. The van der Waals surface area contributed by atoms with Crippen molar-refractivity contribution in [2.45, 2.75) is 6.54 Å². The Balaban J connectivity index is 2.17. The van der Waals surface area contributed by atoms with E-state index >= 15 is 0 Å². The average Bonchev–Trinajstić information content (AvgIpc) is 2.46. The summed E-state index contributed by atoms with van der Waals surface area (Å²) in [7, 11) is 1.34. The van der Waals surface area contributed by atoms with E-state index in [9.17, 15) is 9.18 Å². The molecule has 0 fully saturated rings. The van der Waals surface area contributed by atoms with Crippen LogP contribution in [0.3, 0.4) is 0 Å². The van der Waals surface area contributed by atoms with Crippen LogP contribution in [0.15, 0.2) is 42.5 Å². The van der Waals surface area contributed by atoms with Crippen LogP contribution in [0.4, 0.5) is 10.1 Å². The molecular weight excluding hydrogens is 281 g/mol. The van der Waals surface area contributed by atoms with Crippen molar-refractivity contribution in [3.8, 4) is 0 Å². The first-order chi connectivity index (χ1) is 9.61. The monoisotopic (exact) mass is 293 g/mol. The summed E-state index contributed by atoms with van der Waals surface area (Å²) < 4.78 is 17.7. The van der Waals surface area contributed by atoms with Crippen molar-refractivity contribution in [3.63, 3.8) is 0 Å². The lowest BCUT2D eigenvalue weighted by atomic mass is 10.1. The van der Waals surface area contributed by atoms with Gasteiger partial charge in [0.05, 0.1) is 23.4 Å². The average molecular weight is 294 g/mol. The maximum absolute atomic E-state index is 13.0. The third kappa shape index (κ3) is 3.27. The predicted octanol–water partition coefficient (Wildman–Crippen LogP) is 3.88. The number of ether oxygens (including phenoxy) is 1. The molecule has 5 heteroatoms. The van der Waals surface area contributed by atoms with Crippen LogP contribution in [-0.2, 0) is 11.3 Å². The van der Waals surface area contributed by atoms with Crippen LogP contribution in [0, 0.1) is 5.82 Å². The van der Waals surface area contributed by atoms with Crippen LogP contribution in [0.25, 0.3) is 0 Å². The number of rotatable bonds is 4. The zero-order chi connectivity index (χ0) is 14.5. The van der Waals surface area contributed by atoms with E-state index in [1.54, 1.807) is 18.2 Å². The Hall–Kier alpha value is -2.07. The van der Waals surface area contributed by atoms with E-state index in [0.717, 1.165) is 5.56 Å². The largest absolute Gasteiger partial charge is 0.465 e. The molecule has 0 amide bonds. The van der Waals surface area contributed by atoms with Crippen LogP contribution in [-0.4, -0.2) is 13.1 Å². The first kappa shape index (κ1) is 14.3. The highest BCUT2D eigenvalue weighted by atomic mass is 35.5. The van der Waals surface area contributed by atoms with Gasteiger partial charge in [-0.2, -0.15) is 0 Å². The Morgan fingerprint density at radius 1 is 1.30 bits per heavy atom. The van der Waals surface area contributed by atoms with Gasteiger partial charge in [-0.1, -0.05) is 29.8 Å². The molecule has 0 unspecified atom stereocenters. The molecule has 20 heavy (non-hydrogen) atoms. The second kappa shape index (κ2) is 6.39. The molecule has 2 aromatic rings. The van der Waals surface area contributed by atoms with Crippen molar-refractivity contribution in [2.24, 2.45) is 0 Å². The SMILES string of the molecule is COC(=O)c1ccccc1CNc1ccc(F)cc1Cl. The topological polar surface area (TPSA) is 38.3 Å². The number of carbonyl (C=O) groups excluding carboxylic acids is 1. The fraction of sp³-hybridized carbons (Fsp3) is 0.133. The zero-order valence-electron chi connectivity index (χ0n) is 10.8. The van der Waals surface area contributed by atoms with Crippen molar-refractivity contribution in [1.82, 2.24) is 0 Å². The molecule has 2 aromatic carbocycles. The number of carbonyl (C=O) groups is 1. The van der Waals surface area contributed by atoms with Crippen LogP contribution in [0.2, 0.25) is 5.02 Å². The molecule has 0 aromatic heterocycles. The second-order valence-electron chi connectivity index (χ2n) is 4.13. The molecule has 2 rings (SSSR count). The van der Waals surface area contributed by atoms with E-state index in [4.69, 9.17) is 16.3 Å². The van der Waals surface area contributed by atoms with Gasteiger partial charge in [0.15, 0.2) is 0 Å². The standard InChI is InChI=1S/C15H13ClFNO2/c1-20-15(19)12-5-3-2-4-10(12)9-18-14-7-6-11(17)8-13(14)16/h2-8,18H,9H2,1H3. The summed E-state index contributed by atoms with van der Waals surface area (Å²) in [5, 5.41) is 3.36. The minimum atomic E-state index is -0.396. The number of esters is 1. The van der Waals surface area contributed by atoms with Gasteiger partial charge in [-0.3, -0.25) is 0 Å². The maximum atomic E-state index is 13.0. The van der Waals surface area contributed by atoms with Crippen LogP contribution in [0.1, 0.15) is 15.9 Å². The number of halogens is 2. The highest BCUT2D eigenvalue weighted by molar-refractivity contribution is 6.33. The van der Waals surface area contributed by atoms with Gasteiger partial charge in [-0.25, -0.2) is 9.18 Å². The molecule has 0 aliphatic rings. The van der Waals surface area contributed by atoms with Gasteiger partial charge >= 0.3 is 5.97 Å². The fourth-order valence-corrected chi connectivity index (χ4v) is 2.04. The molecule has 0 atom stereocenters. The number of anilines is 1. The number of methoxy groups -OCH3 is 1. The van der Waals surface area contributed by atoms with Crippen molar-refractivity contribution in [3.05, 3.63) is 64.4 Å². The minimum Gasteiger partial charge on any atom is -0.465 e. The quantitative estimate of drug-likeness (QED) is 0.870. The van der Waals surface area contributed by atoms with Crippen molar-refractivity contribution < 1.29 is 13.9 Å². The molecule has 0 radical (unpaired) electrons. The van der Waals surface area contributed by atoms with E-state index < -0.39 is 11.8 Å². The van der Waals surface area contributed by atoms with Gasteiger partial charge in [-0.15, -0.1) is 0 Å². The van der Waals surface area contributed by atoms with Crippen LogP contribution >= 0.6 is 11.6 Å². The maximum Gasteiger partial charge on any atom is 0.338 e. The summed E-state index contributed by atoms with van der Waals surface area (Å²) in [5.74, 6) is -0.789. The molecule has 1 N–H and O–H groups in total. The van der Waals surface area contributed by atoms with Gasteiger partial charge in [0.1, 0.15) is 5.82 Å². The highest BCUT2D eigenvalue weighted by Gasteiger charge is 2.11. The zero-order valence-corrected chi connectivity index (χ0v) is 11.6. The Kier molecular flexibility index (Phi) is 4.58. The third-order valence-electron chi connectivity index (χ3n) is 2.82. The van der Waals surface area contributed by atoms with E-state index in [1.165, 1.54) is 19.2 Å². The van der Waals surface area contributed by atoms with E-state index in [-0.39, 0.29) is 0 Å². The summed E-state index contributed by atoms with van der Waals surface area (Å²) in [6, 6.07) is 11.2. The van der Waals surface area contributed by atoms with E-state index in [1.807, 2.05) is 12.1 Å². The smallest absolute Gasteiger partial charge is 0.338 e. The normalized spacial score (nSPS) is 10.2. The molecule has 104 valence electrons. The lowest BCUT2D eigenvalue weighted by Gasteiger charge is -2.11. The Bertz CT molecular complexity index is 631. The van der Waals surface area contributed by atoms with Crippen molar-refractivity contribution >= 4 is 23.3 Å². The van der Waals surface area contributed by atoms with E-state index in [2.05, 4.69) is 5.32 Å². The summed E-state index contributed by atoms with van der Waals surface area (Å²) in [6.45, 7) is 0.386. The minimum absolute atomic E-state index is 0.292. The van der Waals surface area contributed by atoms with Gasteiger partial charge in [0.2, 0.25) is 0 Å². The molecule has 3 nitrogen and oxygen atoms in total.